The lowest BCUT2D eigenvalue weighted by Crippen LogP contribution is -2.38. The molecule has 0 radical (unpaired) electrons. The van der Waals surface area contributed by atoms with Crippen LogP contribution >= 0.6 is 0 Å². The molecule has 0 atom stereocenters. The molecule has 25 heavy (non-hydrogen) atoms. The molecule has 2 N–H and O–H groups in total. The summed E-state index contributed by atoms with van der Waals surface area (Å²) in [5.74, 6) is -1.52. The molecule has 0 bridgehead atoms. The molecule has 1 aliphatic rings. The maximum atomic E-state index is 13.9. The van der Waals surface area contributed by atoms with E-state index in [1.807, 2.05) is 0 Å². The number of piperidine rings is 1. The molecule has 5 nitrogen and oxygen atoms in total. The normalized spacial score (nSPS) is 16.2. The van der Waals surface area contributed by atoms with Crippen molar-refractivity contribution < 1.29 is 26.9 Å². The van der Waals surface area contributed by atoms with Gasteiger partial charge in [-0.1, -0.05) is 5.16 Å². The molecular formula is C16H15F4N3O2. The van der Waals surface area contributed by atoms with Crippen LogP contribution in [0.4, 0.5) is 23.4 Å². The lowest BCUT2D eigenvalue weighted by molar-refractivity contribution is -0.137. The third kappa shape index (κ3) is 3.59. The highest BCUT2D eigenvalue weighted by atomic mass is 19.4. The third-order valence-electron chi connectivity index (χ3n) is 4.27. The zero-order valence-corrected chi connectivity index (χ0v) is 13.0. The van der Waals surface area contributed by atoms with Crippen LogP contribution in [0.1, 0.15) is 40.4 Å². The average Bonchev–Trinajstić information content (AvgIpc) is 3.00. The van der Waals surface area contributed by atoms with Gasteiger partial charge < -0.3 is 15.2 Å². The van der Waals surface area contributed by atoms with Crippen molar-refractivity contribution in [1.82, 2.24) is 10.1 Å². The van der Waals surface area contributed by atoms with Gasteiger partial charge in [0.15, 0.2) is 0 Å². The van der Waals surface area contributed by atoms with Crippen LogP contribution in [0.2, 0.25) is 0 Å². The van der Waals surface area contributed by atoms with Crippen molar-refractivity contribution in [2.45, 2.75) is 24.9 Å². The van der Waals surface area contributed by atoms with Crippen LogP contribution in [0, 0.1) is 5.82 Å². The highest BCUT2D eigenvalue weighted by Crippen LogP contribution is 2.32. The number of likely N-dealkylation sites (tertiary alicyclic amines) is 1. The Morgan fingerprint density at radius 2 is 1.92 bits per heavy atom. The summed E-state index contributed by atoms with van der Waals surface area (Å²) < 4.78 is 56.5. The van der Waals surface area contributed by atoms with E-state index in [0.29, 0.717) is 43.8 Å². The molecule has 134 valence electrons. The number of anilines is 1. The zero-order chi connectivity index (χ0) is 18.2. The van der Waals surface area contributed by atoms with Gasteiger partial charge in [0.2, 0.25) is 5.88 Å². The minimum absolute atomic E-state index is 0.0718. The number of nitrogens with zero attached hydrogens (tertiary/aromatic N) is 2. The van der Waals surface area contributed by atoms with E-state index in [1.165, 1.54) is 4.90 Å². The lowest BCUT2D eigenvalue weighted by atomic mass is 9.93. The van der Waals surface area contributed by atoms with Crippen molar-refractivity contribution in [3.05, 3.63) is 46.9 Å². The average molecular weight is 357 g/mol. The van der Waals surface area contributed by atoms with Crippen molar-refractivity contribution in [1.29, 1.82) is 0 Å². The van der Waals surface area contributed by atoms with E-state index < -0.39 is 23.5 Å². The van der Waals surface area contributed by atoms with Gasteiger partial charge in [-0.05, 0) is 31.0 Å². The molecule has 0 unspecified atom stereocenters. The molecule has 1 amide bonds. The molecule has 1 fully saturated rings. The van der Waals surface area contributed by atoms with Crippen LogP contribution in [0.5, 0.6) is 0 Å². The number of nitrogens with two attached hydrogens (primary N) is 1. The van der Waals surface area contributed by atoms with E-state index in [-0.39, 0.29) is 17.4 Å². The summed E-state index contributed by atoms with van der Waals surface area (Å²) in [7, 11) is 0. The second kappa shape index (κ2) is 6.38. The summed E-state index contributed by atoms with van der Waals surface area (Å²) in [5.41, 5.74) is 4.69. The minimum atomic E-state index is -4.65. The van der Waals surface area contributed by atoms with Gasteiger partial charge in [0.25, 0.3) is 5.91 Å². The number of carbonyl (C=O) groups excluding carboxylic acids is 1. The summed E-state index contributed by atoms with van der Waals surface area (Å²) in [5, 5.41) is 3.84. The number of nitrogen functional groups attached to an aromatic ring is 1. The summed E-state index contributed by atoms with van der Waals surface area (Å²) in [6.07, 6.45) is -3.49. The van der Waals surface area contributed by atoms with Gasteiger partial charge in [0.1, 0.15) is 5.82 Å². The number of aromatic nitrogens is 1. The first kappa shape index (κ1) is 17.2. The van der Waals surface area contributed by atoms with E-state index in [1.54, 1.807) is 6.07 Å². The molecular weight excluding hydrogens is 342 g/mol. The van der Waals surface area contributed by atoms with Gasteiger partial charge in [-0.15, -0.1) is 0 Å². The predicted molar refractivity (Wildman–Crippen MR) is 80.2 cm³/mol. The van der Waals surface area contributed by atoms with Gasteiger partial charge in [-0.2, -0.15) is 13.2 Å². The third-order valence-corrected chi connectivity index (χ3v) is 4.27. The Kier molecular flexibility index (Phi) is 4.40. The largest absolute Gasteiger partial charge is 0.416 e. The second-order valence-electron chi connectivity index (χ2n) is 5.91. The summed E-state index contributed by atoms with van der Waals surface area (Å²) in [6.45, 7) is 0.688. The standard InChI is InChI=1S/C16H15F4N3O2/c17-12-7-10(16(18,19)20)1-2-11(12)15(24)23-5-3-9(4-6-23)13-8-14(21)25-22-13/h1-2,7-9H,3-6,21H2. The van der Waals surface area contributed by atoms with Crippen molar-refractivity contribution in [2.24, 2.45) is 0 Å². The fourth-order valence-electron chi connectivity index (χ4n) is 2.91. The van der Waals surface area contributed by atoms with E-state index in [9.17, 15) is 22.4 Å². The maximum Gasteiger partial charge on any atom is 0.416 e. The Labute approximate surface area is 140 Å². The Morgan fingerprint density at radius 3 is 2.44 bits per heavy atom. The van der Waals surface area contributed by atoms with Crippen molar-refractivity contribution in [3.8, 4) is 0 Å². The molecule has 0 saturated carbocycles. The molecule has 1 aromatic carbocycles. The Balaban J connectivity index is 1.68. The Hall–Kier alpha value is -2.58. The highest BCUT2D eigenvalue weighted by Gasteiger charge is 2.33. The quantitative estimate of drug-likeness (QED) is 0.836. The molecule has 1 saturated heterocycles. The number of benzene rings is 1. The Morgan fingerprint density at radius 1 is 1.24 bits per heavy atom. The molecule has 0 spiro atoms. The predicted octanol–water partition coefficient (Wildman–Crippen LogP) is 3.43. The van der Waals surface area contributed by atoms with Crippen LogP contribution < -0.4 is 5.73 Å². The van der Waals surface area contributed by atoms with Gasteiger partial charge in [-0.25, -0.2) is 4.39 Å². The smallest absolute Gasteiger partial charge is 0.368 e. The maximum absolute atomic E-state index is 13.9. The highest BCUT2D eigenvalue weighted by molar-refractivity contribution is 5.94. The first-order valence-electron chi connectivity index (χ1n) is 7.64. The van der Waals surface area contributed by atoms with Crippen LogP contribution in [0.15, 0.2) is 28.8 Å². The molecule has 1 aliphatic heterocycles. The number of halogens is 4. The molecule has 0 aliphatic carbocycles. The number of hydrogen-bond donors (Lipinski definition) is 1. The molecule has 2 aromatic rings. The number of alkyl halides is 3. The van der Waals surface area contributed by atoms with Crippen LogP contribution in [0.25, 0.3) is 0 Å². The van der Waals surface area contributed by atoms with Crippen LogP contribution in [-0.4, -0.2) is 29.1 Å². The zero-order valence-electron chi connectivity index (χ0n) is 13.0. The number of rotatable bonds is 2. The number of hydrogen-bond acceptors (Lipinski definition) is 4. The number of amides is 1. The fraction of sp³-hybridized carbons (Fsp3) is 0.375. The minimum Gasteiger partial charge on any atom is -0.368 e. The topological polar surface area (TPSA) is 72.4 Å². The fourth-order valence-corrected chi connectivity index (χ4v) is 2.91. The first-order chi connectivity index (χ1) is 11.8. The van der Waals surface area contributed by atoms with Crippen molar-refractivity contribution >= 4 is 11.8 Å². The number of carbonyl (C=O) groups is 1. The van der Waals surface area contributed by atoms with E-state index >= 15 is 0 Å². The van der Waals surface area contributed by atoms with E-state index in [2.05, 4.69) is 5.16 Å². The first-order valence-corrected chi connectivity index (χ1v) is 7.64. The van der Waals surface area contributed by atoms with Crippen LogP contribution in [0.3, 0.4) is 0 Å². The van der Waals surface area contributed by atoms with Gasteiger partial charge in [-0.3, -0.25) is 4.79 Å². The van der Waals surface area contributed by atoms with Crippen LogP contribution in [-0.2, 0) is 6.18 Å². The second-order valence-corrected chi connectivity index (χ2v) is 5.91. The van der Waals surface area contributed by atoms with E-state index in [4.69, 9.17) is 10.3 Å². The Bertz CT molecular complexity index is 780. The molecule has 9 heteroatoms. The van der Waals surface area contributed by atoms with Gasteiger partial charge in [0, 0.05) is 25.1 Å². The van der Waals surface area contributed by atoms with Gasteiger partial charge >= 0.3 is 6.18 Å². The SMILES string of the molecule is Nc1cc(C2CCN(C(=O)c3ccc(C(F)(F)F)cc3F)CC2)no1. The molecule has 3 rings (SSSR count). The lowest BCUT2D eigenvalue weighted by Gasteiger charge is -2.31. The van der Waals surface area contributed by atoms with E-state index in [0.717, 1.165) is 6.07 Å². The molecule has 2 heterocycles. The van der Waals surface area contributed by atoms with Crippen molar-refractivity contribution in [2.75, 3.05) is 18.8 Å². The summed E-state index contributed by atoms with van der Waals surface area (Å²) >= 11 is 0. The monoisotopic (exact) mass is 357 g/mol. The summed E-state index contributed by atoms with van der Waals surface area (Å²) in [4.78, 5) is 13.8. The molecule has 1 aromatic heterocycles. The summed E-state index contributed by atoms with van der Waals surface area (Å²) in [6, 6.07) is 3.56. The van der Waals surface area contributed by atoms with Crippen molar-refractivity contribution in [3.63, 3.8) is 0 Å². The van der Waals surface area contributed by atoms with Gasteiger partial charge in [0.05, 0.1) is 16.8 Å².